The van der Waals surface area contributed by atoms with Gasteiger partial charge in [0.1, 0.15) is 16.7 Å². The van der Waals surface area contributed by atoms with Gasteiger partial charge >= 0.3 is 5.97 Å². The first-order valence-corrected chi connectivity index (χ1v) is 6.39. The predicted octanol–water partition coefficient (Wildman–Crippen LogP) is 3.71. The van der Waals surface area contributed by atoms with E-state index in [0.717, 1.165) is 4.90 Å². The second-order valence-corrected chi connectivity index (χ2v) is 5.07. The van der Waals surface area contributed by atoms with Crippen molar-refractivity contribution in [2.75, 3.05) is 0 Å². The van der Waals surface area contributed by atoms with E-state index in [1.165, 1.54) is 11.8 Å². The first-order valence-electron chi connectivity index (χ1n) is 5.51. The molecular weight excluding hydrogens is 248 g/mol. The molecule has 2 aromatic carbocycles. The molecule has 0 aromatic heterocycles. The molecule has 0 radical (unpaired) electrons. The summed E-state index contributed by atoms with van der Waals surface area (Å²) in [5, 5.41) is 8.72. The normalized spacial score (nSPS) is 17.0. The van der Waals surface area contributed by atoms with Crippen molar-refractivity contribution >= 4 is 17.7 Å². The van der Waals surface area contributed by atoms with Gasteiger partial charge in [0.2, 0.25) is 0 Å². The fourth-order valence-electron chi connectivity index (χ4n) is 1.91. The molecule has 1 atom stereocenters. The number of ether oxygens (including phenoxy) is 1. The van der Waals surface area contributed by atoms with Crippen LogP contribution in [0.15, 0.2) is 53.4 Å². The second kappa shape index (κ2) is 4.38. The molecule has 1 heterocycles. The van der Waals surface area contributed by atoms with Crippen LogP contribution in [0.2, 0.25) is 0 Å². The van der Waals surface area contributed by atoms with Crippen molar-refractivity contribution in [3.05, 3.63) is 54.1 Å². The molecule has 0 saturated heterocycles. The van der Waals surface area contributed by atoms with Crippen LogP contribution in [-0.4, -0.2) is 11.1 Å². The standard InChI is InChI=1S/C14H10O3S/c15-14(16)13-9-5-1-2-6-10(9)17-11-7-3-4-8-12(11)18-13/h1-8,13H,(H,15,16)/t13-/m0/s1. The second-order valence-electron chi connectivity index (χ2n) is 3.92. The van der Waals surface area contributed by atoms with Crippen molar-refractivity contribution in [3.63, 3.8) is 0 Å². The molecule has 1 N–H and O–H groups in total. The maximum atomic E-state index is 11.4. The van der Waals surface area contributed by atoms with Crippen molar-refractivity contribution in [1.29, 1.82) is 0 Å². The molecule has 4 heteroatoms. The average molecular weight is 258 g/mol. The molecule has 3 rings (SSSR count). The Morgan fingerprint density at radius 2 is 1.72 bits per heavy atom. The SMILES string of the molecule is O=C(O)[C@H]1Sc2ccccc2Oc2ccccc21. The van der Waals surface area contributed by atoms with E-state index in [9.17, 15) is 9.90 Å². The zero-order valence-electron chi connectivity index (χ0n) is 9.37. The Kier molecular flexibility index (Phi) is 2.72. The van der Waals surface area contributed by atoms with Crippen molar-refractivity contribution in [2.24, 2.45) is 0 Å². The number of carbonyl (C=O) groups is 1. The molecule has 0 unspecified atom stereocenters. The van der Waals surface area contributed by atoms with Gasteiger partial charge in [-0.15, -0.1) is 11.8 Å². The Morgan fingerprint density at radius 3 is 2.50 bits per heavy atom. The van der Waals surface area contributed by atoms with Gasteiger partial charge in [-0.2, -0.15) is 0 Å². The van der Waals surface area contributed by atoms with Gasteiger partial charge in [0.25, 0.3) is 0 Å². The number of thioether (sulfide) groups is 1. The van der Waals surface area contributed by atoms with Gasteiger partial charge in [0.05, 0.1) is 4.90 Å². The number of hydrogen-bond acceptors (Lipinski definition) is 3. The summed E-state index contributed by atoms with van der Waals surface area (Å²) in [4.78, 5) is 12.3. The van der Waals surface area contributed by atoms with Crippen LogP contribution < -0.4 is 4.74 Å². The lowest BCUT2D eigenvalue weighted by molar-refractivity contribution is -0.136. The fraction of sp³-hybridized carbons (Fsp3) is 0.0714. The third-order valence-electron chi connectivity index (χ3n) is 2.74. The molecule has 18 heavy (non-hydrogen) atoms. The van der Waals surface area contributed by atoms with Crippen LogP contribution in [0.3, 0.4) is 0 Å². The number of carboxylic acids is 1. The van der Waals surface area contributed by atoms with Gasteiger partial charge in [-0.3, -0.25) is 4.79 Å². The Hall–Kier alpha value is -1.94. The monoisotopic (exact) mass is 258 g/mol. The topological polar surface area (TPSA) is 46.5 Å². The van der Waals surface area contributed by atoms with Crippen LogP contribution in [-0.2, 0) is 4.79 Å². The highest BCUT2D eigenvalue weighted by Gasteiger charge is 2.28. The molecular formula is C14H10O3S. The lowest BCUT2D eigenvalue weighted by Gasteiger charge is -2.10. The van der Waals surface area contributed by atoms with Crippen LogP contribution >= 0.6 is 11.8 Å². The minimum absolute atomic E-state index is 0.613. The van der Waals surface area contributed by atoms with E-state index in [1.807, 2.05) is 36.4 Å². The zero-order chi connectivity index (χ0) is 12.5. The van der Waals surface area contributed by atoms with E-state index in [2.05, 4.69) is 0 Å². The van der Waals surface area contributed by atoms with E-state index in [-0.39, 0.29) is 0 Å². The minimum Gasteiger partial charge on any atom is -0.480 e. The highest BCUT2D eigenvalue weighted by atomic mass is 32.2. The molecule has 0 aliphatic carbocycles. The van der Waals surface area contributed by atoms with Gasteiger partial charge in [0.15, 0.2) is 0 Å². The lowest BCUT2D eigenvalue weighted by Crippen LogP contribution is -2.07. The van der Waals surface area contributed by atoms with Crippen LogP contribution in [0.4, 0.5) is 0 Å². The van der Waals surface area contributed by atoms with Crippen LogP contribution in [0, 0.1) is 0 Å². The summed E-state index contributed by atoms with van der Waals surface area (Å²) < 4.78 is 5.80. The molecule has 1 aliphatic heterocycles. The maximum absolute atomic E-state index is 11.4. The number of fused-ring (bicyclic) bond motifs is 2. The Bertz CT molecular complexity index is 609. The summed E-state index contributed by atoms with van der Waals surface area (Å²) in [7, 11) is 0. The van der Waals surface area contributed by atoms with Gasteiger partial charge in [-0.1, -0.05) is 30.3 Å². The predicted molar refractivity (Wildman–Crippen MR) is 69.2 cm³/mol. The molecule has 90 valence electrons. The summed E-state index contributed by atoms with van der Waals surface area (Å²) in [6, 6.07) is 14.8. The number of carboxylic acid groups (broad SMARTS) is 1. The van der Waals surface area contributed by atoms with Crippen LogP contribution in [0.1, 0.15) is 10.8 Å². The Labute approximate surface area is 108 Å². The maximum Gasteiger partial charge on any atom is 0.321 e. The molecule has 2 aromatic rings. The third-order valence-corrected chi connectivity index (χ3v) is 4.02. The van der Waals surface area contributed by atoms with Gasteiger partial charge in [-0.25, -0.2) is 0 Å². The molecule has 1 aliphatic rings. The molecule has 0 bridgehead atoms. The average Bonchev–Trinajstić information content (AvgIpc) is 2.55. The summed E-state index contributed by atoms with van der Waals surface area (Å²) in [5.41, 5.74) is 0.700. The summed E-state index contributed by atoms with van der Waals surface area (Å²) >= 11 is 1.30. The van der Waals surface area contributed by atoms with E-state index in [0.29, 0.717) is 17.1 Å². The molecule has 0 spiro atoms. The summed E-state index contributed by atoms with van der Waals surface area (Å²) in [5.74, 6) is 0.466. The number of hydrogen-bond donors (Lipinski definition) is 1. The van der Waals surface area contributed by atoms with Gasteiger partial charge < -0.3 is 9.84 Å². The van der Waals surface area contributed by atoms with Gasteiger partial charge in [0, 0.05) is 5.56 Å². The Balaban J connectivity index is 2.17. The summed E-state index contributed by atoms with van der Waals surface area (Å²) in [6.45, 7) is 0. The number of rotatable bonds is 1. The van der Waals surface area contributed by atoms with Crippen molar-refractivity contribution in [1.82, 2.24) is 0 Å². The Morgan fingerprint density at radius 1 is 1.06 bits per heavy atom. The first-order chi connectivity index (χ1) is 8.75. The van der Waals surface area contributed by atoms with Crippen molar-refractivity contribution in [3.8, 4) is 11.5 Å². The van der Waals surface area contributed by atoms with Gasteiger partial charge in [-0.05, 0) is 18.2 Å². The van der Waals surface area contributed by atoms with Crippen LogP contribution in [0.5, 0.6) is 11.5 Å². The molecule has 0 saturated carbocycles. The lowest BCUT2D eigenvalue weighted by atomic mass is 10.1. The highest BCUT2D eigenvalue weighted by molar-refractivity contribution is 8.00. The largest absolute Gasteiger partial charge is 0.480 e. The van der Waals surface area contributed by atoms with E-state index in [1.54, 1.807) is 12.1 Å². The quantitative estimate of drug-likeness (QED) is 0.847. The third kappa shape index (κ3) is 1.84. The fourth-order valence-corrected chi connectivity index (χ4v) is 2.97. The van der Waals surface area contributed by atoms with E-state index >= 15 is 0 Å². The van der Waals surface area contributed by atoms with E-state index < -0.39 is 11.2 Å². The van der Waals surface area contributed by atoms with Crippen molar-refractivity contribution < 1.29 is 14.6 Å². The molecule has 0 fully saturated rings. The number of para-hydroxylation sites is 2. The number of benzene rings is 2. The minimum atomic E-state index is -0.854. The molecule has 3 nitrogen and oxygen atoms in total. The van der Waals surface area contributed by atoms with Crippen molar-refractivity contribution in [2.45, 2.75) is 10.1 Å². The first kappa shape index (κ1) is 11.2. The number of aliphatic carboxylic acids is 1. The smallest absolute Gasteiger partial charge is 0.321 e. The highest BCUT2D eigenvalue weighted by Crippen LogP contribution is 2.47. The van der Waals surface area contributed by atoms with E-state index in [4.69, 9.17) is 4.74 Å². The zero-order valence-corrected chi connectivity index (χ0v) is 10.2. The van der Waals surface area contributed by atoms with Crippen LogP contribution in [0.25, 0.3) is 0 Å². The summed E-state index contributed by atoms with van der Waals surface area (Å²) in [6.07, 6.45) is 0. The molecule has 0 amide bonds.